The van der Waals surface area contributed by atoms with E-state index < -0.39 is 0 Å². The molecule has 144 valence electrons. The summed E-state index contributed by atoms with van der Waals surface area (Å²) in [7, 11) is 0. The number of amides is 2. The summed E-state index contributed by atoms with van der Waals surface area (Å²) in [5.41, 5.74) is 1.42. The molecule has 1 fully saturated rings. The van der Waals surface area contributed by atoms with Gasteiger partial charge >= 0.3 is 0 Å². The van der Waals surface area contributed by atoms with Gasteiger partial charge in [0.15, 0.2) is 0 Å². The van der Waals surface area contributed by atoms with Crippen molar-refractivity contribution in [2.75, 3.05) is 38.1 Å². The summed E-state index contributed by atoms with van der Waals surface area (Å²) in [6, 6.07) is 7.35. The Balaban J connectivity index is 1.85. The maximum atomic E-state index is 12.7. The summed E-state index contributed by atoms with van der Waals surface area (Å²) in [5, 5.41) is 5.98. The van der Waals surface area contributed by atoms with Crippen LogP contribution in [0.15, 0.2) is 24.3 Å². The van der Waals surface area contributed by atoms with Crippen LogP contribution in [0.3, 0.4) is 0 Å². The van der Waals surface area contributed by atoms with Crippen molar-refractivity contribution >= 4 is 17.5 Å². The van der Waals surface area contributed by atoms with E-state index >= 15 is 0 Å². The van der Waals surface area contributed by atoms with E-state index in [9.17, 15) is 9.59 Å². The normalized spacial score (nSPS) is 16.3. The molecule has 1 aliphatic heterocycles. The zero-order chi connectivity index (χ0) is 18.8. The molecule has 2 amide bonds. The van der Waals surface area contributed by atoms with Crippen LogP contribution in [0.2, 0.25) is 0 Å². The van der Waals surface area contributed by atoms with Gasteiger partial charge in [0.2, 0.25) is 5.91 Å². The molecule has 26 heavy (non-hydrogen) atoms. The number of benzene rings is 1. The van der Waals surface area contributed by atoms with Gasteiger partial charge in [-0.1, -0.05) is 19.9 Å². The first kappa shape index (κ1) is 20.2. The lowest BCUT2D eigenvalue weighted by atomic mass is 10.1. The van der Waals surface area contributed by atoms with Crippen molar-refractivity contribution in [2.24, 2.45) is 0 Å². The van der Waals surface area contributed by atoms with Crippen molar-refractivity contribution in [1.82, 2.24) is 10.2 Å². The number of hydrogen-bond donors (Lipinski definition) is 2. The zero-order valence-corrected chi connectivity index (χ0v) is 15.9. The summed E-state index contributed by atoms with van der Waals surface area (Å²) in [6.07, 6.45) is 4.09. The molecule has 1 saturated heterocycles. The molecule has 0 aliphatic carbocycles. The molecule has 1 aromatic carbocycles. The number of anilines is 1. The number of hydrogen-bond acceptors (Lipinski definition) is 4. The summed E-state index contributed by atoms with van der Waals surface area (Å²) in [5.74, 6) is -0.0315. The van der Waals surface area contributed by atoms with Crippen LogP contribution in [0.5, 0.6) is 0 Å². The van der Waals surface area contributed by atoms with Crippen LogP contribution in [-0.4, -0.2) is 55.6 Å². The van der Waals surface area contributed by atoms with Crippen molar-refractivity contribution in [3.63, 3.8) is 0 Å². The van der Waals surface area contributed by atoms with Crippen molar-refractivity contribution < 1.29 is 14.3 Å². The third-order valence-corrected chi connectivity index (χ3v) is 4.39. The monoisotopic (exact) mass is 361 g/mol. The molecule has 6 heteroatoms. The molecule has 2 rings (SSSR count). The van der Waals surface area contributed by atoms with Gasteiger partial charge in [-0.2, -0.15) is 0 Å². The fraction of sp³-hybridized carbons (Fsp3) is 0.600. The Morgan fingerprint density at radius 3 is 2.65 bits per heavy atom. The van der Waals surface area contributed by atoms with E-state index in [0.717, 1.165) is 51.1 Å². The Hall–Kier alpha value is -2.08. The second kappa shape index (κ2) is 10.8. The number of carbonyl (C=O) groups excluding carboxylic acids is 2. The lowest BCUT2D eigenvalue weighted by Crippen LogP contribution is -2.35. The first-order valence-electron chi connectivity index (χ1n) is 9.65. The molecule has 1 heterocycles. The Labute approximate surface area is 156 Å². The van der Waals surface area contributed by atoms with Crippen LogP contribution >= 0.6 is 0 Å². The average molecular weight is 361 g/mol. The van der Waals surface area contributed by atoms with E-state index in [0.29, 0.717) is 12.1 Å². The first-order chi connectivity index (χ1) is 12.6. The number of nitrogens with one attached hydrogen (secondary N) is 2. The molecule has 1 aliphatic rings. The van der Waals surface area contributed by atoms with E-state index in [1.54, 1.807) is 0 Å². The van der Waals surface area contributed by atoms with Crippen LogP contribution < -0.4 is 10.6 Å². The van der Waals surface area contributed by atoms with E-state index in [4.69, 9.17) is 4.74 Å². The third kappa shape index (κ3) is 6.33. The van der Waals surface area contributed by atoms with E-state index in [1.807, 2.05) is 29.2 Å². The van der Waals surface area contributed by atoms with Crippen LogP contribution in [0, 0.1) is 0 Å². The standard InChI is InChI=1S/C20H31N3O3/c1-3-10-23(11-4-2)20(25)16-7-5-8-17(13-16)21-15-19(24)22-14-18-9-6-12-26-18/h5,7-8,13,18,21H,3-4,6,9-12,14-15H2,1-2H3,(H,22,24). The second-order valence-electron chi connectivity index (χ2n) is 6.67. The van der Waals surface area contributed by atoms with Crippen LogP contribution in [0.25, 0.3) is 0 Å². The van der Waals surface area contributed by atoms with Gasteiger partial charge in [0, 0.05) is 37.5 Å². The van der Waals surface area contributed by atoms with Crippen molar-refractivity contribution in [1.29, 1.82) is 0 Å². The lowest BCUT2D eigenvalue weighted by molar-refractivity contribution is -0.119. The lowest BCUT2D eigenvalue weighted by Gasteiger charge is -2.21. The molecule has 0 radical (unpaired) electrons. The highest BCUT2D eigenvalue weighted by molar-refractivity contribution is 5.95. The van der Waals surface area contributed by atoms with Gasteiger partial charge in [-0.25, -0.2) is 0 Å². The molecular weight excluding hydrogens is 330 g/mol. The molecular formula is C20H31N3O3. The minimum atomic E-state index is -0.0733. The number of ether oxygens (including phenoxy) is 1. The summed E-state index contributed by atoms with van der Waals surface area (Å²) < 4.78 is 5.49. The average Bonchev–Trinajstić information content (AvgIpc) is 3.18. The smallest absolute Gasteiger partial charge is 0.253 e. The highest BCUT2D eigenvalue weighted by Crippen LogP contribution is 2.14. The summed E-state index contributed by atoms with van der Waals surface area (Å²) in [6.45, 7) is 7.19. The Kier molecular flexibility index (Phi) is 8.41. The molecule has 0 spiro atoms. The molecule has 0 saturated carbocycles. The van der Waals surface area contributed by atoms with Gasteiger partial charge < -0.3 is 20.3 Å². The van der Waals surface area contributed by atoms with Gasteiger partial charge in [-0.3, -0.25) is 9.59 Å². The number of nitrogens with zero attached hydrogens (tertiary/aromatic N) is 1. The number of rotatable bonds is 10. The van der Waals surface area contributed by atoms with Crippen LogP contribution in [0.4, 0.5) is 5.69 Å². The topological polar surface area (TPSA) is 70.7 Å². The molecule has 0 aromatic heterocycles. The molecule has 6 nitrogen and oxygen atoms in total. The number of carbonyl (C=O) groups is 2. The van der Waals surface area contributed by atoms with Gasteiger partial charge in [0.25, 0.3) is 5.91 Å². The highest BCUT2D eigenvalue weighted by Gasteiger charge is 2.16. The second-order valence-corrected chi connectivity index (χ2v) is 6.67. The molecule has 1 unspecified atom stereocenters. The fourth-order valence-electron chi connectivity index (χ4n) is 3.08. The van der Waals surface area contributed by atoms with Gasteiger partial charge in [0.1, 0.15) is 0 Å². The fourth-order valence-corrected chi connectivity index (χ4v) is 3.08. The van der Waals surface area contributed by atoms with Crippen molar-refractivity contribution in [2.45, 2.75) is 45.6 Å². The Morgan fingerprint density at radius 1 is 1.23 bits per heavy atom. The van der Waals surface area contributed by atoms with Crippen LogP contribution in [0.1, 0.15) is 49.9 Å². The summed E-state index contributed by atoms with van der Waals surface area (Å²) in [4.78, 5) is 26.5. The summed E-state index contributed by atoms with van der Waals surface area (Å²) >= 11 is 0. The minimum Gasteiger partial charge on any atom is -0.376 e. The maximum absolute atomic E-state index is 12.7. The Bertz CT molecular complexity index is 579. The predicted octanol–water partition coefficient (Wildman–Crippen LogP) is 2.66. The van der Waals surface area contributed by atoms with E-state index in [2.05, 4.69) is 24.5 Å². The Morgan fingerprint density at radius 2 is 2.00 bits per heavy atom. The van der Waals surface area contributed by atoms with Gasteiger partial charge in [-0.05, 0) is 43.9 Å². The SMILES string of the molecule is CCCN(CCC)C(=O)c1cccc(NCC(=O)NCC2CCCO2)c1. The minimum absolute atomic E-state index is 0.0418. The molecule has 1 atom stereocenters. The van der Waals surface area contributed by atoms with Crippen molar-refractivity contribution in [3.05, 3.63) is 29.8 Å². The van der Waals surface area contributed by atoms with Crippen LogP contribution in [-0.2, 0) is 9.53 Å². The van der Waals surface area contributed by atoms with Gasteiger partial charge in [0.05, 0.1) is 12.6 Å². The highest BCUT2D eigenvalue weighted by atomic mass is 16.5. The molecule has 0 bridgehead atoms. The third-order valence-electron chi connectivity index (χ3n) is 4.39. The largest absolute Gasteiger partial charge is 0.376 e. The van der Waals surface area contributed by atoms with E-state index in [-0.39, 0.29) is 24.5 Å². The quantitative estimate of drug-likeness (QED) is 0.672. The predicted molar refractivity (Wildman–Crippen MR) is 103 cm³/mol. The first-order valence-corrected chi connectivity index (χ1v) is 9.65. The van der Waals surface area contributed by atoms with Crippen molar-refractivity contribution in [3.8, 4) is 0 Å². The maximum Gasteiger partial charge on any atom is 0.253 e. The van der Waals surface area contributed by atoms with E-state index in [1.165, 1.54) is 0 Å². The molecule has 2 N–H and O–H groups in total. The zero-order valence-electron chi connectivity index (χ0n) is 15.9. The van der Waals surface area contributed by atoms with Gasteiger partial charge in [-0.15, -0.1) is 0 Å². The molecule has 1 aromatic rings.